The number of rotatable bonds is 6. The van der Waals surface area contributed by atoms with Gasteiger partial charge in [-0.2, -0.15) is 0 Å². The van der Waals surface area contributed by atoms with Crippen LogP contribution in [0.4, 0.5) is 8.78 Å². The van der Waals surface area contributed by atoms with E-state index >= 15 is 4.39 Å². The van der Waals surface area contributed by atoms with E-state index in [9.17, 15) is 18.8 Å². The van der Waals surface area contributed by atoms with E-state index in [0.717, 1.165) is 17.2 Å². The molecule has 0 spiro atoms. The van der Waals surface area contributed by atoms with Gasteiger partial charge in [-0.05, 0) is 69.1 Å². The van der Waals surface area contributed by atoms with Gasteiger partial charge in [-0.1, -0.05) is 44.2 Å². The molecule has 3 amide bonds. The summed E-state index contributed by atoms with van der Waals surface area (Å²) in [7, 11) is 0. The molecular weight excluding hydrogens is 476 g/mol. The first-order valence-corrected chi connectivity index (χ1v) is 12.8. The Hall–Kier alpha value is -3.29. The molecule has 0 radical (unpaired) electrons. The summed E-state index contributed by atoms with van der Waals surface area (Å²) in [5, 5.41) is 5.77. The van der Waals surface area contributed by atoms with Crippen LogP contribution in [0.3, 0.4) is 0 Å². The molecule has 1 aliphatic heterocycles. The summed E-state index contributed by atoms with van der Waals surface area (Å²) in [4.78, 5) is 42.7. The molecule has 2 N–H and O–H groups in total. The molecule has 198 valence electrons. The third-order valence-corrected chi connectivity index (χ3v) is 6.99. The molecule has 1 aliphatic carbocycles. The van der Waals surface area contributed by atoms with Crippen molar-refractivity contribution in [2.75, 3.05) is 0 Å². The number of carbonyl (C=O) groups is 3. The SMILES string of the molecule is CC(C)C[C@@H]1C(=O)N[C@H](C2Cc3ccccc3C2)C(=O)N1[C@@H](C(=O)NC(C)(C)C)c1ccc(F)cc1F. The van der Waals surface area contributed by atoms with Crippen molar-refractivity contribution in [3.05, 3.63) is 70.8 Å². The Kier molecular flexibility index (Phi) is 7.40. The highest BCUT2D eigenvalue weighted by molar-refractivity contribution is 6.00. The van der Waals surface area contributed by atoms with Gasteiger partial charge in [0.2, 0.25) is 17.7 Å². The summed E-state index contributed by atoms with van der Waals surface area (Å²) in [6, 6.07) is 7.57. The minimum absolute atomic E-state index is 0.0164. The van der Waals surface area contributed by atoms with Gasteiger partial charge in [0, 0.05) is 17.2 Å². The van der Waals surface area contributed by atoms with Crippen LogP contribution in [0.25, 0.3) is 0 Å². The number of halogens is 2. The molecule has 1 fully saturated rings. The van der Waals surface area contributed by atoms with E-state index in [1.54, 1.807) is 20.8 Å². The van der Waals surface area contributed by atoms with Crippen molar-refractivity contribution in [2.24, 2.45) is 11.8 Å². The normalized spacial score (nSPS) is 21.1. The second kappa shape index (κ2) is 10.2. The summed E-state index contributed by atoms with van der Waals surface area (Å²) in [6.07, 6.45) is 1.51. The summed E-state index contributed by atoms with van der Waals surface area (Å²) in [5.74, 6) is -3.34. The largest absolute Gasteiger partial charge is 0.349 e. The molecule has 1 saturated heterocycles. The van der Waals surface area contributed by atoms with Crippen LogP contribution in [-0.2, 0) is 27.2 Å². The number of hydrogen-bond acceptors (Lipinski definition) is 3. The highest BCUT2D eigenvalue weighted by atomic mass is 19.1. The van der Waals surface area contributed by atoms with Gasteiger partial charge < -0.3 is 15.5 Å². The molecule has 8 heteroatoms. The van der Waals surface area contributed by atoms with E-state index in [-0.39, 0.29) is 29.7 Å². The van der Waals surface area contributed by atoms with Crippen LogP contribution >= 0.6 is 0 Å². The molecule has 37 heavy (non-hydrogen) atoms. The quantitative estimate of drug-likeness (QED) is 0.614. The van der Waals surface area contributed by atoms with E-state index in [1.165, 1.54) is 11.0 Å². The van der Waals surface area contributed by atoms with Crippen molar-refractivity contribution in [2.45, 2.75) is 77.5 Å². The molecule has 0 bridgehead atoms. The lowest BCUT2D eigenvalue weighted by Crippen LogP contribution is -2.67. The maximum Gasteiger partial charge on any atom is 0.247 e. The van der Waals surface area contributed by atoms with Gasteiger partial charge in [0.15, 0.2) is 0 Å². The monoisotopic (exact) mass is 511 g/mol. The number of benzene rings is 2. The van der Waals surface area contributed by atoms with Gasteiger partial charge in [-0.15, -0.1) is 0 Å². The number of fused-ring (bicyclic) bond motifs is 1. The number of hydrogen-bond donors (Lipinski definition) is 2. The number of carbonyl (C=O) groups excluding carboxylic acids is 3. The van der Waals surface area contributed by atoms with Gasteiger partial charge in [0.05, 0.1) is 0 Å². The second-order valence-corrected chi connectivity index (χ2v) is 11.6. The Morgan fingerprint density at radius 1 is 1.08 bits per heavy atom. The molecule has 0 aromatic heterocycles. The fourth-order valence-electron chi connectivity index (χ4n) is 5.45. The zero-order valence-corrected chi connectivity index (χ0v) is 22.0. The highest BCUT2D eigenvalue weighted by Gasteiger charge is 2.50. The van der Waals surface area contributed by atoms with Gasteiger partial charge >= 0.3 is 0 Å². The van der Waals surface area contributed by atoms with Gasteiger partial charge in [0.1, 0.15) is 29.8 Å². The first-order chi connectivity index (χ1) is 17.4. The number of amides is 3. The molecule has 3 atom stereocenters. The van der Waals surface area contributed by atoms with Crippen molar-refractivity contribution < 1.29 is 23.2 Å². The van der Waals surface area contributed by atoms with E-state index in [1.807, 2.05) is 38.1 Å². The maximum atomic E-state index is 15.2. The lowest BCUT2D eigenvalue weighted by molar-refractivity contribution is -0.158. The van der Waals surface area contributed by atoms with Crippen LogP contribution in [0.15, 0.2) is 42.5 Å². The maximum absolute atomic E-state index is 15.2. The molecule has 0 unspecified atom stereocenters. The van der Waals surface area contributed by atoms with Gasteiger partial charge in [-0.25, -0.2) is 8.78 Å². The van der Waals surface area contributed by atoms with E-state index in [0.29, 0.717) is 18.9 Å². The topological polar surface area (TPSA) is 78.5 Å². The van der Waals surface area contributed by atoms with Gasteiger partial charge in [0.25, 0.3) is 0 Å². The van der Waals surface area contributed by atoms with E-state index in [2.05, 4.69) is 10.6 Å². The molecule has 2 aliphatic rings. The summed E-state index contributed by atoms with van der Waals surface area (Å²) in [5.41, 5.74) is 1.41. The summed E-state index contributed by atoms with van der Waals surface area (Å²) < 4.78 is 29.0. The van der Waals surface area contributed by atoms with Crippen LogP contribution in [0, 0.1) is 23.5 Å². The number of nitrogens with zero attached hydrogens (tertiary/aromatic N) is 1. The molecule has 2 aromatic carbocycles. The molecular formula is C29H35F2N3O3. The van der Waals surface area contributed by atoms with Crippen molar-refractivity contribution in [3.63, 3.8) is 0 Å². The Morgan fingerprint density at radius 3 is 2.24 bits per heavy atom. The van der Waals surface area contributed by atoms with Crippen molar-refractivity contribution in [1.82, 2.24) is 15.5 Å². The zero-order chi connectivity index (χ0) is 27.1. The Bertz CT molecular complexity index is 1180. The average molecular weight is 512 g/mol. The van der Waals surface area contributed by atoms with Crippen molar-refractivity contribution in [1.29, 1.82) is 0 Å². The number of piperazine rings is 1. The smallest absolute Gasteiger partial charge is 0.247 e. The van der Waals surface area contributed by atoms with Crippen LogP contribution in [-0.4, -0.2) is 40.2 Å². The Balaban J connectivity index is 1.79. The predicted octanol–water partition coefficient (Wildman–Crippen LogP) is 4.08. The standard InChI is InChI=1S/C29H35F2N3O3/c1-16(2)12-23-26(35)32-24(19-13-17-8-6-7-9-18(17)14-19)28(37)34(23)25(27(36)33-29(3,4)5)21-11-10-20(30)15-22(21)31/h6-11,15-16,19,23-25H,12-14H2,1-5H3,(H,32,35)(H,33,36)/t23-,24-,25-/m1/s1. The average Bonchev–Trinajstić information content (AvgIpc) is 3.22. The fourth-order valence-corrected chi connectivity index (χ4v) is 5.45. The predicted molar refractivity (Wildman–Crippen MR) is 136 cm³/mol. The Labute approximate surface area is 216 Å². The van der Waals surface area contributed by atoms with Crippen molar-refractivity contribution in [3.8, 4) is 0 Å². The summed E-state index contributed by atoms with van der Waals surface area (Å²) >= 11 is 0. The van der Waals surface area contributed by atoms with Crippen LogP contribution < -0.4 is 10.6 Å². The van der Waals surface area contributed by atoms with Crippen LogP contribution in [0.2, 0.25) is 0 Å². The van der Waals surface area contributed by atoms with Crippen molar-refractivity contribution >= 4 is 17.7 Å². The fraction of sp³-hybridized carbons (Fsp3) is 0.483. The lowest BCUT2D eigenvalue weighted by Gasteiger charge is -2.45. The second-order valence-electron chi connectivity index (χ2n) is 11.6. The zero-order valence-electron chi connectivity index (χ0n) is 22.0. The third kappa shape index (κ3) is 5.68. The first-order valence-electron chi connectivity index (χ1n) is 12.8. The molecule has 1 heterocycles. The van der Waals surface area contributed by atoms with E-state index < -0.39 is 47.1 Å². The Morgan fingerprint density at radius 2 is 1.70 bits per heavy atom. The molecule has 2 aromatic rings. The molecule has 4 rings (SSSR count). The highest BCUT2D eigenvalue weighted by Crippen LogP contribution is 2.36. The van der Waals surface area contributed by atoms with E-state index in [4.69, 9.17) is 0 Å². The lowest BCUT2D eigenvalue weighted by atomic mass is 9.87. The van der Waals surface area contributed by atoms with Crippen LogP contribution in [0.1, 0.15) is 63.8 Å². The number of nitrogens with one attached hydrogen (secondary N) is 2. The van der Waals surface area contributed by atoms with Gasteiger partial charge in [-0.3, -0.25) is 14.4 Å². The minimum Gasteiger partial charge on any atom is -0.349 e. The minimum atomic E-state index is -1.44. The van der Waals surface area contributed by atoms with Crippen LogP contribution in [0.5, 0.6) is 0 Å². The summed E-state index contributed by atoms with van der Waals surface area (Å²) in [6.45, 7) is 9.16. The third-order valence-electron chi connectivity index (χ3n) is 6.99. The molecule has 6 nitrogen and oxygen atoms in total. The first kappa shape index (κ1) is 26.8. The molecule has 0 saturated carbocycles.